The molecular formula is C17H29NOS. The normalized spacial score (nSPS) is 14.8. The molecule has 1 atom stereocenters. The van der Waals surface area contributed by atoms with Crippen LogP contribution >= 0.6 is 11.8 Å². The van der Waals surface area contributed by atoms with Gasteiger partial charge in [-0.15, -0.1) is 11.8 Å². The van der Waals surface area contributed by atoms with E-state index < -0.39 is 0 Å². The van der Waals surface area contributed by atoms with E-state index in [1.54, 1.807) is 0 Å². The summed E-state index contributed by atoms with van der Waals surface area (Å²) in [6.07, 6.45) is 0.957. The maximum absolute atomic E-state index is 9.56. The Hall–Kier alpha value is -0.510. The Morgan fingerprint density at radius 2 is 1.75 bits per heavy atom. The van der Waals surface area contributed by atoms with E-state index in [2.05, 4.69) is 64.2 Å². The minimum atomic E-state index is -0.182. The number of benzene rings is 1. The van der Waals surface area contributed by atoms with Crippen LogP contribution in [0.1, 0.15) is 52.5 Å². The first-order chi connectivity index (χ1) is 9.36. The molecule has 0 aliphatic carbocycles. The number of aliphatic hydroxyl groups is 1. The highest BCUT2D eigenvalue weighted by molar-refractivity contribution is 7.99. The summed E-state index contributed by atoms with van der Waals surface area (Å²) in [7, 11) is 0. The zero-order valence-corrected chi connectivity index (χ0v) is 14.3. The molecule has 0 spiro atoms. The maximum Gasteiger partial charge on any atom is 0.0610 e. The third-order valence-electron chi connectivity index (χ3n) is 3.46. The average Bonchev–Trinajstić information content (AvgIpc) is 2.38. The summed E-state index contributed by atoms with van der Waals surface area (Å²) in [6, 6.07) is 9.22. The number of hydrogen-bond acceptors (Lipinski definition) is 3. The second-order valence-electron chi connectivity index (χ2n) is 6.34. The van der Waals surface area contributed by atoms with Gasteiger partial charge in [-0.05, 0) is 42.7 Å². The van der Waals surface area contributed by atoms with Gasteiger partial charge in [0.15, 0.2) is 0 Å². The molecule has 1 rings (SSSR count). The van der Waals surface area contributed by atoms with Crippen LogP contribution in [0.3, 0.4) is 0 Å². The number of hydrogen-bond donors (Lipinski definition) is 2. The van der Waals surface area contributed by atoms with Crippen molar-refractivity contribution in [1.29, 1.82) is 0 Å². The Morgan fingerprint density at radius 3 is 2.20 bits per heavy atom. The fourth-order valence-electron chi connectivity index (χ4n) is 2.24. The van der Waals surface area contributed by atoms with Gasteiger partial charge < -0.3 is 10.4 Å². The summed E-state index contributed by atoms with van der Waals surface area (Å²) in [5, 5.41) is 13.0. The molecule has 0 saturated heterocycles. The first kappa shape index (κ1) is 17.5. The summed E-state index contributed by atoms with van der Waals surface area (Å²) < 4.78 is 0. The van der Waals surface area contributed by atoms with E-state index in [-0.39, 0.29) is 12.1 Å². The van der Waals surface area contributed by atoms with Gasteiger partial charge in [-0.2, -0.15) is 0 Å². The third kappa shape index (κ3) is 5.86. The largest absolute Gasteiger partial charge is 0.394 e. The lowest BCUT2D eigenvalue weighted by atomic mass is 9.99. The lowest BCUT2D eigenvalue weighted by Gasteiger charge is -2.31. The average molecular weight is 295 g/mol. The van der Waals surface area contributed by atoms with Crippen molar-refractivity contribution in [3.63, 3.8) is 0 Å². The van der Waals surface area contributed by atoms with Crippen molar-refractivity contribution in [3.05, 3.63) is 29.8 Å². The van der Waals surface area contributed by atoms with E-state index in [4.69, 9.17) is 0 Å². The fourth-order valence-corrected chi connectivity index (χ4v) is 3.35. The predicted molar refractivity (Wildman–Crippen MR) is 89.6 cm³/mol. The zero-order chi connectivity index (χ0) is 15.2. The van der Waals surface area contributed by atoms with Gasteiger partial charge >= 0.3 is 0 Å². The first-order valence-electron chi connectivity index (χ1n) is 7.47. The summed E-state index contributed by atoms with van der Waals surface area (Å²) >= 11 is 1.86. The molecule has 0 saturated carbocycles. The smallest absolute Gasteiger partial charge is 0.0610 e. The number of rotatable bonds is 8. The van der Waals surface area contributed by atoms with Crippen LogP contribution < -0.4 is 5.32 Å². The van der Waals surface area contributed by atoms with E-state index in [0.29, 0.717) is 12.0 Å². The lowest BCUT2D eigenvalue weighted by molar-refractivity contribution is 0.162. The van der Waals surface area contributed by atoms with Crippen molar-refractivity contribution in [2.24, 2.45) is 0 Å². The Bertz CT molecular complexity index is 388. The van der Waals surface area contributed by atoms with Crippen LogP contribution in [0.4, 0.5) is 0 Å². The molecule has 1 aromatic rings. The molecule has 3 heteroatoms. The zero-order valence-electron chi connectivity index (χ0n) is 13.4. The van der Waals surface area contributed by atoms with Crippen molar-refractivity contribution in [1.82, 2.24) is 5.32 Å². The third-order valence-corrected chi connectivity index (χ3v) is 4.47. The molecule has 114 valence electrons. The molecule has 20 heavy (non-hydrogen) atoms. The van der Waals surface area contributed by atoms with Crippen LogP contribution in [-0.2, 0) is 0 Å². The summed E-state index contributed by atoms with van der Waals surface area (Å²) in [6.45, 7) is 10.9. The monoisotopic (exact) mass is 295 g/mol. The number of aliphatic hydroxyl groups excluding tert-OH is 1. The summed E-state index contributed by atoms with van der Waals surface area (Å²) in [5.74, 6) is 1.60. The predicted octanol–water partition coefficient (Wildman–Crippen LogP) is 4.04. The van der Waals surface area contributed by atoms with Crippen LogP contribution in [0.2, 0.25) is 0 Å². The maximum atomic E-state index is 9.56. The number of nitrogens with one attached hydrogen (secondary N) is 1. The molecule has 0 heterocycles. The van der Waals surface area contributed by atoms with Crippen LogP contribution in [0.25, 0.3) is 0 Å². The van der Waals surface area contributed by atoms with Crippen molar-refractivity contribution >= 4 is 11.8 Å². The van der Waals surface area contributed by atoms with Gasteiger partial charge in [0.2, 0.25) is 0 Å². The van der Waals surface area contributed by atoms with Gasteiger partial charge in [-0.25, -0.2) is 0 Å². The molecular weight excluding hydrogens is 266 g/mol. The minimum Gasteiger partial charge on any atom is -0.394 e. The van der Waals surface area contributed by atoms with Crippen LogP contribution in [0.5, 0.6) is 0 Å². The van der Waals surface area contributed by atoms with E-state index in [1.807, 2.05) is 11.8 Å². The second-order valence-corrected chi connectivity index (χ2v) is 7.51. The van der Waals surface area contributed by atoms with Gasteiger partial charge in [0.05, 0.1) is 6.61 Å². The van der Waals surface area contributed by atoms with E-state index in [9.17, 15) is 5.11 Å². The SMILES string of the molecule is CC(C)NC(C)(CO)CCSc1ccc(C(C)C)cc1. The van der Waals surface area contributed by atoms with Gasteiger partial charge in [0, 0.05) is 16.5 Å². The molecule has 2 N–H and O–H groups in total. The standard InChI is InChI=1S/C17H29NOS/c1-13(2)15-6-8-16(9-7-15)20-11-10-17(5,12-19)18-14(3)4/h6-9,13-14,18-19H,10-12H2,1-5H3. The molecule has 0 amide bonds. The van der Waals surface area contributed by atoms with Gasteiger partial charge in [0.25, 0.3) is 0 Å². The van der Waals surface area contributed by atoms with Crippen molar-refractivity contribution in [2.75, 3.05) is 12.4 Å². The highest BCUT2D eigenvalue weighted by Crippen LogP contribution is 2.24. The molecule has 0 bridgehead atoms. The second kappa shape index (κ2) is 8.06. The van der Waals surface area contributed by atoms with Crippen molar-refractivity contribution < 1.29 is 5.11 Å². The Balaban J connectivity index is 2.46. The molecule has 1 aromatic carbocycles. The molecule has 0 aliphatic rings. The molecule has 0 radical (unpaired) electrons. The van der Waals surface area contributed by atoms with Gasteiger partial charge in [-0.3, -0.25) is 0 Å². The molecule has 2 nitrogen and oxygen atoms in total. The first-order valence-corrected chi connectivity index (χ1v) is 8.46. The van der Waals surface area contributed by atoms with Crippen LogP contribution in [0.15, 0.2) is 29.2 Å². The molecule has 1 unspecified atom stereocenters. The Morgan fingerprint density at radius 1 is 1.15 bits per heavy atom. The fraction of sp³-hybridized carbons (Fsp3) is 0.647. The quantitative estimate of drug-likeness (QED) is 0.710. The molecule has 0 aliphatic heterocycles. The van der Waals surface area contributed by atoms with E-state index in [1.165, 1.54) is 10.5 Å². The highest BCUT2D eigenvalue weighted by Gasteiger charge is 2.23. The van der Waals surface area contributed by atoms with Crippen LogP contribution in [0, 0.1) is 0 Å². The highest BCUT2D eigenvalue weighted by atomic mass is 32.2. The van der Waals surface area contributed by atoms with Crippen molar-refractivity contribution in [2.45, 2.75) is 63.4 Å². The van der Waals surface area contributed by atoms with E-state index in [0.717, 1.165) is 12.2 Å². The molecule has 0 fully saturated rings. The van der Waals surface area contributed by atoms with Crippen LogP contribution in [-0.4, -0.2) is 29.0 Å². The van der Waals surface area contributed by atoms with Gasteiger partial charge in [-0.1, -0.05) is 39.8 Å². The minimum absolute atomic E-state index is 0.179. The van der Waals surface area contributed by atoms with Crippen molar-refractivity contribution in [3.8, 4) is 0 Å². The lowest BCUT2D eigenvalue weighted by Crippen LogP contribution is -2.49. The molecule has 0 aromatic heterocycles. The summed E-state index contributed by atoms with van der Waals surface area (Å²) in [5.41, 5.74) is 1.20. The topological polar surface area (TPSA) is 32.3 Å². The van der Waals surface area contributed by atoms with E-state index >= 15 is 0 Å². The summed E-state index contributed by atoms with van der Waals surface area (Å²) in [4.78, 5) is 1.30. The number of thioether (sulfide) groups is 1. The Kier molecular flexibility index (Phi) is 7.07. The van der Waals surface area contributed by atoms with Gasteiger partial charge in [0.1, 0.15) is 0 Å². The Labute approximate surface area is 128 Å².